The van der Waals surface area contributed by atoms with Gasteiger partial charge in [-0.3, -0.25) is 4.90 Å². The fourth-order valence-corrected chi connectivity index (χ4v) is 6.14. The molecule has 3 heterocycles. The van der Waals surface area contributed by atoms with Crippen LogP contribution in [0.4, 0.5) is 5.82 Å². The Morgan fingerprint density at radius 2 is 1.76 bits per heavy atom. The molecule has 2 aromatic carbocycles. The minimum atomic E-state index is 0.389. The number of hydrogen-bond acceptors (Lipinski definition) is 7. The normalized spacial score (nSPS) is 22.4. The minimum absolute atomic E-state index is 0.389. The van der Waals surface area contributed by atoms with Gasteiger partial charge in [0.15, 0.2) is 11.5 Å². The lowest BCUT2D eigenvalue weighted by Gasteiger charge is -2.41. The molecule has 1 atom stereocenters. The van der Waals surface area contributed by atoms with Crippen molar-refractivity contribution in [1.82, 2.24) is 24.8 Å². The number of nitrogens with zero attached hydrogens (tertiary/aromatic N) is 4. The lowest BCUT2D eigenvalue weighted by Crippen LogP contribution is -2.53. The van der Waals surface area contributed by atoms with Gasteiger partial charge in [-0.25, -0.2) is 9.97 Å². The van der Waals surface area contributed by atoms with E-state index in [0.29, 0.717) is 35.4 Å². The number of benzene rings is 2. The minimum Gasteiger partial charge on any atom is -0.493 e. The maximum atomic E-state index is 6.44. The van der Waals surface area contributed by atoms with Gasteiger partial charge in [0.1, 0.15) is 23.5 Å². The van der Waals surface area contributed by atoms with Crippen LogP contribution < -0.4 is 20.5 Å². The highest BCUT2D eigenvalue weighted by molar-refractivity contribution is 6.01. The van der Waals surface area contributed by atoms with Crippen LogP contribution in [0.1, 0.15) is 38.6 Å². The molecule has 1 aliphatic carbocycles. The van der Waals surface area contributed by atoms with Gasteiger partial charge in [-0.15, -0.1) is 0 Å². The summed E-state index contributed by atoms with van der Waals surface area (Å²) < 4.78 is 14.1. The Labute approximate surface area is 223 Å². The molecule has 198 valence electrons. The molecular weight excluding hydrogens is 476 g/mol. The first-order valence-electron chi connectivity index (χ1n) is 13.6. The first-order valence-corrected chi connectivity index (χ1v) is 13.6. The summed E-state index contributed by atoms with van der Waals surface area (Å²) in [5.41, 5.74) is 9.35. The lowest BCUT2D eigenvalue weighted by molar-refractivity contribution is 0.107. The monoisotopic (exact) mass is 512 g/mol. The van der Waals surface area contributed by atoms with E-state index in [1.807, 2.05) is 42.5 Å². The van der Waals surface area contributed by atoms with Gasteiger partial charge in [0.2, 0.25) is 0 Å². The summed E-state index contributed by atoms with van der Waals surface area (Å²) in [6, 6.07) is 17.3. The number of aromatic nitrogens is 3. The van der Waals surface area contributed by atoms with Crippen LogP contribution in [-0.4, -0.2) is 58.3 Å². The topological polar surface area (TPSA) is 90.5 Å². The second-order valence-electron chi connectivity index (χ2n) is 10.5. The molecule has 6 rings (SSSR count). The summed E-state index contributed by atoms with van der Waals surface area (Å²) in [6.45, 7) is 5.65. The largest absolute Gasteiger partial charge is 0.493 e. The van der Waals surface area contributed by atoms with Crippen LogP contribution >= 0.6 is 0 Å². The lowest BCUT2D eigenvalue weighted by atomic mass is 9.89. The molecule has 8 heteroatoms. The Hall–Kier alpha value is -3.62. The van der Waals surface area contributed by atoms with Crippen molar-refractivity contribution in [2.45, 2.75) is 50.7 Å². The molecule has 38 heavy (non-hydrogen) atoms. The van der Waals surface area contributed by atoms with Crippen LogP contribution in [0.5, 0.6) is 17.2 Å². The quantitative estimate of drug-likeness (QED) is 0.364. The number of fused-ring (bicyclic) bond motifs is 1. The van der Waals surface area contributed by atoms with E-state index in [1.54, 1.807) is 13.4 Å². The van der Waals surface area contributed by atoms with Crippen molar-refractivity contribution in [3.05, 3.63) is 61.1 Å². The third kappa shape index (κ3) is 4.81. The molecule has 4 aromatic rings. The predicted octanol–water partition coefficient (Wildman–Crippen LogP) is 5.26. The van der Waals surface area contributed by atoms with Gasteiger partial charge in [0.25, 0.3) is 0 Å². The molecule has 0 bridgehead atoms. The van der Waals surface area contributed by atoms with E-state index >= 15 is 0 Å². The van der Waals surface area contributed by atoms with Crippen molar-refractivity contribution in [3.63, 3.8) is 0 Å². The number of hydrogen-bond donors (Lipinski definition) is 2. The van der Waals surface area contributed by atoms with E-state index in [1.165, 1.54) is 12.8 Å². The fourth-order valence-electron chi connectivity index (χ4n) is 6.14. The van der Waals surface area contributed by atoms with E-state index in [0.717, 1.165) is 60.4 Å². The SMILES string of the molecule is COc1cc(-c2cn([C@H]3CC[C@H](N4CCN[C@@H](C)C4)CC3)c3ncnc(N)c23)ccc1Oc1ccccc1. The Morgan fingerprint density at radius 1 is 0.974 bits per heavy atom. The first kappa shape index (κ1) is 24.7. The molecule has 0 spiro atoms. The van der Waals surface area contributed by atoms with Gasteiger partial charge in [-0.1, -0.05) is 24.3 Å². The zero-order chi connectivity index (χ0) is 26.1. The zero-order valence-corrected chi connectivity index (χ0v) is 22.1. The van der Waals surface area contributed by atoms with Gasteiger partial charge in [-0.05, 0) is 62.4 Å². The summed E-state index contributed by atoms with van der Waals surface area (Å²) >= 11 is 0. The third-order valence-corrected chi connectivity index (χ3v) is 8.06. The Bertz CT molecular complexity index is 1400. The van der Waals surface area contributed by atoms with Crippen molar-refractivity contribution in [2.24, 2.45) is 0 Å². The maximum Gasteiger partial charge on any atom is 0.169 e. The standard InChI is InChI=1S/C30H36N6O2/c1-20-17-35(15-14-32-20)22-9-11-23(12-10-22)36-18-25(28-29(31)33-19-34-30(28)36)21-8-13-26(27(16-21)37-2)38-24-6-4-3-5-7-24/h3-8,13,16,18-20,22-23,32H,9-12,14-15,17H2,1-2H3,(H2,31,33,34)/t20-,22-,23-/m0/s1. The second kappa shape index (κ2) is 10.6. The third-order valence-electron chi connectivity index (χ3n) is 8.06. The number of nitrogens with one attached hydrogen (secondary N) is 1. The number of anilines is 1. The average Bonchev–Trinajstić information content (AvgIpc) is 3.35. The summed E-state index contributed by atoms with van der Waals surface area (Å²) in [4.78, 5) is 11.7. The highest BCUT2D eigenvalue weighted by Crippen LogP contribution is 2.41. The molecule has 2 aromatic heterocycles. The van der Waals surface area contributed by atoms with Crippen LogP contribution in [0.3, 0.4) is 0 Å². The summed E-state index contributed by atoms with van der Waals surface area (Å²) in [6.07, 6.45) is 8.44. The fraction of sp³-hybridized carbons (Fsp3) is 0.400. The predicted molar refractivity (Wildman–Crippen MR) is 151 cm³/mol. The van der Waals surface area contributed by atoms with Crippen molar-refractivity contribution in [3.8, 4) is 28.4 Å². The molecule has 0 amide bonds. The van der Waals surface area contributed by atoms with Gasteiger partial charge >= 0.3 is 0 Å². The highest BCUT2D eigenvalue weighted by Gasteiger charge is 2.30. The van der Waals surface area contributed by atoms with Crippen LogP contribution in [0.25, 0.3) is 22.2 Å². The van der Waals surface area contributed by atoms with Crippen LogP contribution in [-0.2, 0) is 0 Å². The molecule has 1 saturated carbocycles. The van der Waals surface area contributed by atoms with Gasteiger partial charge < -0.3 is 25.1 Å². The van der Waals surface area contributed by atoms with Crippen LogP contribution in [0.2, 0.25) is 0 Å². The molecule has 0 unspecified atom stereocenters. The molecule has 3 N–H and O–H groups in total. The molecule has 8 nitrogen and oxygen atoms in total. The second-order valence-corrected chi connectivity index (χ2v) is 10.5. The summed E-state index contributed by atoms with van der Waals surface area (Å²) in [7, 11) is 1.66. The number of nitrogen functional groups attached to an aromatic ring is 1. The zero-order valence-electron chi connectivity index (χ0n) is 22.1. The number of piperazine rings is 1. The van der Waals surface area contributed by atoms with Gasteiger partial charge in [-0.2, -0.15) is 0 Å². The van der Waals surface area contributed by atoms with Crippen LogP contribution in [0, 0.1) is 0 Å². The molecule has 1 aliphatic heterocycles. The van der Waals surface area contributed by atoms with Gasteiger partial charge in [0.05, 0.1) is 12.5 Å². The van der Waals surface area contributed by atoms with Crippen LogP contribution in [0.15, 0.2) is 61.1 Å². The number of ether oxygens (including phenoxy) is 2. The summed E-state index contributed by atoms with van der Waals surface area (Å²) in [5, 5.41) is 4.46. The molecule has 1 saturated heterocycles. The van der Waals surface area contributed by atoms with Crippen molar-refractivity contribution in [1.29, 1.82) is 0 Å². The van der Waals surface area contributed by atoms with Crippen molar-refractivity contribution >= 4 is 16.9 Å². The maximum absolute atomic E-state index is 6.44. The average molecular weight is 513 g/mol. The first-order chi connectivity index (χ1) is 18.6. The van der Waals surface area contributed by atoms with Crippen molar-refractivity contribution < 1.29 is 9.47 Å². The van der Waals surface area contributed by atoms with Gasteiger partial charge in [0, 0.05) is 49.5 Å². The van der Waals surface area contributed by atoms with E-state index in [-0.39, 0.29) is 0 Å². The molecule has 0 radical (unpaired) electrons. The molecular formula is C30H36N6O2. The highest BCUT2D eigenvalue weighted by atomic mass is 16.5. The molecule has 2 aliphatic rings. The van der Waals surface area contributed by atoms with Crippen molar-refractivity contribution in [2.75, 3.05) is 32.5 Å². The van der Waals surface area contributed by atoms with E-state index in [9.17, 15) is 0 Å². The Balaban J connectivity index is 1.29. The van der Waals surface area contributed by atoms with E-state index in [2.05, 4.69) is 39.0 Å². The van der Waals surface area contributed by atoms with E-state index in [4.69, 9.17) is 20.2 Å². The number of para-hydroxylation sites is 1. The number of methoxy groups -OCH3 is 1. The number of rotatable bonds is 6. The molecule has 2 fully saturated rings. The smallest absolute Gasteiger partial charge is 0.169 e. The summed E-state index contributed by atoms with van der Waals surface area (Å²) in [5.74, 6) is 2.58. The number of nitrogens with two attached hydrogens (primary N) is 1. The Kier molecular flexibility index (Phi) is 6.91. The Morgan fingerprint density at radius 3 is 2.53 bits per heavy atom. The van der Waals surface area contributed by atoms with E-state index < -0.39 is 0 Å².